The van der Waals surface area contributed by atoms with Crippen molar-refractivity contribution in [3.8, 4) is 5.69 Å². The summed E-state index contributed by atoms with van der Waals surface area (Å²) in [7, 11) is 0. The van der Waals surface area contributed by atoms with Gasteiger partial charge in [-0.15, -0.1) is 5.10 Å². The normalized spacial score (nSPS) is 10.4. The lowest BCUT2D eigenvalue weighted by Gasteiger charge is -2.06. The first-order valence-corrected chi connectivity index (χ1v) is 7.35. The summed E-state index contributed by atoms with van der Waals surface area (Å²) in [6.45, 7) is 0.0511. The van der Waals surface area contributed by atoms with Crippen LogP contribution in [0.2, 0.25) is 0 Å². The molecule has 0 N–H and O–H groups in total. The highest BCUT2D eigenvalue weighted by Gasteiger charge is 2.11. The number of benzene rings is 2. The lowest BCUT2D eigenvalue weighted by Crippen LogP contribution is -2.10. The van der Waals surface area contributed by atoms with Gasteiger partial charge in [0.25, 0.3) is 0 Å². The van der Waals surface area contributed by atoms with Gasteiger partial charge < -0.3 is 4.74 Å². The molecule has 0 unspecified atom stereocenters. The Balaban J connectivity index is 1.55. The fourth-order valence-electron chi connectivity index (χ4n) is 2.17. The number of aryl methyl sites for hydroxylation is 1. The number of ether oxygens (including phenoxy) is 1. The van der Waals surface area contributed by atoms with E-state index in [0.717, 1.165) is 11.3 Å². The zero-order chi connectivity index (χ0) is 15.9. The number of carbonyl (C=O) groups excluding carboxylic acids is 1. The van der Waals surface area contributed by atoms with Gasteiger partial charge in [0, 0.05) is 6.42 Å². The molecule has 6 heteroatoms. The van der Waals surface area contributed by atoms with Crippen LogP contribution in [0.4, 0.5) is 0 Å². The Labute approximate surface area is 133 Å². The van der Waals surface area contributed by atoms with Crippen molar-refractivity contribution >= 4 is 5.97 Å². The van der Waals surface area contributed by atoms with Crippen molar-refractivity contribution in [1.29, 1.82) is 0 Å². The van der Waals surface area contributed by atoms with E-state index in [1.165, 1.54) is 0 Å². The minimum Gasteiger partial charge on any atom is -0.457 e. The topological polar surface area (TPSA) is 69.9 Å². The number of hydrogen-bond donors (Lipinski definition) is 0. The number of esters is 1. The van der Waals surface area contributed by atoms with E-state index in [9.17, 15) is 4.79 Å². The third-order valence-electron chi connectivity index (χ3n) is 3.36. The molecule has 3 aromatic rings. The molecule has 2 aromatic carbocycles. The van der Waals surface area contributed by atoms with E-state index >= 15 is 0 Å². The number of aromatic nitrogens is 4. The van der Waals surface area contributed by atoms with Gasteiger partial charge in [-0.1, -0.05) is 48.5 Å². The summed E-state index contributed by atoms with van der Waals surface area (Å²) in [6, 6.07) is 19.3. The lowest BCUT2D eigenvalue weighted by atomic mass is 10.1. The maximum absolute atomic E-state index is 11.9. The second-order valence-corrected chi connectivity index (χ2v) is 4.99. The van der Waals surface area contributed by atoms with Gasteiger partial charge in [0.1, 0.15) is 0 Å². The minimum atomic E-state index is -0.267. The fraction of sp³-hybridized carbons (Fsp3) is 0.176. The van der Waals surface area contributed by atoms with Crippen molar-refractivity contribution in [2.24, 2.45) is 0 Å². The number of hydrogen-bond acceptors (Lipinski definition) is 5. The van der Waals surface area contributed by atoms with E-state index in [4.69, 9.17) is 4.74 Å². The third-order valence-corrected chi connectivity index (χ3v) is 3.36. The Kier molecular flexibility index (Phi) is 4.73. The van der Waals surface area contributed by atoms with Crippen LogP contribution in [0.3, 0.4) is 0 Å². The molecular weight excluding hydrogens is 292 g/mol. The van der Waals surface area contributed by atoms with Crippen LogP contribution in [0.5, 0.6) is 0 Å². The Morgan fingerprint density at radius 1 is 1.00 bits per heavy atom. The zero-order valence-corrected chi connectivity index (χ0v) is 12.5. The third kappa shape index (κ3) is 4.00. The average Bonchev–Trinajstić information content (AvgIpc) is 3.08. The molecule has 0 atom stereocenters. The molecule has 3 rings (SSSR count). The van der Waals surface area contributed by atoms with Crippen molar-refractivity contribution < 1.29 is 9.53 Å². The molecule has 0 saturated carbocycles. The Bertz CT molecular complexity index is 757. The lowest BCUT2D eigenvalue weighted by molar-refractivity contribution is -0.145. The van der Waals surface area contributed by atoms with E-state index in [0.29, 0.717) is 18.7 Å². The van der Waals surface area contributed by atoms with Crippen LogP contribution in [0.15, 0.2) is 60.7 Å². The molecule has 0 radical (unpaired) electrons. The van der Waals surface area contributed by atoms with Gasteiger partial charge in [0.2, 0.25) is 0 Å². The average molecular weight is 308 g/mol. The maximum atomic E-state index is 11.9. The molecule has 23 heavy (non-hydrogen) atoms. The van der Waals surface area contributed by atoms with Crippen LogP contribution in [0.1, 0.15) is 17.8 Å². The van der Waals surface area contributed by atoms with Crippen LogP contribution < -0.4 is 0 Å². The van der Waals surface area contributed by atoms with Gasteiger partial charge in [-0.3, -0.25) is 4.79 Å². The number of para-hydroxylation sites is 1. The summed E-state index contributed by atoms with van der Waals surface area (Å²) >= 11 is 0. The van der Waals surface area contributed by atoms with E-state index in [-0.39, 0.29) is 12.6 Å². The molecule has 0 saturated heterocycles. The molecule has 0 fully saturated rings. The second-order valence-electron chi connectivity index (χ2n) is 4.99. The molecule has 1 aromatic heterocycles. The maximum Gasteiger partial charge on any atom is 0.306 e. The molecule has 0 aliphatic heterocycles. The van der Waals surface area contributed by atoms with Crippen molar-refractivity contribution in [2.75, 3.05) is 0 Å². The summed E-state index contributed by atoms with van der Waals surface area (Å²) in [6.07, 6.45) is 0.986. The van der Waals surface area contributed by atoms with Crippen LogP contribution in [-0.2, 0) is 22.6 Å². The minimum absolute atomic E-state index is 0.0511. The Morgan fingerprint density at radius 3 is 2.43 bits per heavy atom. The summed E-state index contributed by atoms with van der Waals surface area (Å²) in [5.41, 5.74) is 1.94. The van der Waals surface area contributed by atoms with Gasteiger partial charge in [-0.25, -0.2) is 0 Å². The highest BCUT2D eigenvalue weighted by atomic mass is 16.5. The van der Waals surface area contributed by atoms with Gasteiger partial charge in [0.15, 0.2) is 12.4 Å². The predicted octanol–water partition coefficient (Wildman–Crippen LogP) is 2.34. The standard InChI is InChI=1S/C17H16N4O2/c22-17(12-11-14-7-3-1-4-8-14)23-13-16-18-19-20-21(16)15-9-5-2-6-10-15/h1-10H,11-13H2. The summed E-state index contributed by atoms with van der Waals surface area (Å²) < 4.78 is 6.83. The molecule has 0 amide bonds. The monoisotopic (exact) mass is 308 g/mol. The smallest absolute Gasteiger partial charge is 0.306 e. The highest BCUT2D eigenvalue weighted by Crippen LogP contribution is 2.09. The molecule has 6 nitrogen and oxygen atoms in total. The molecule has 0 aliphatic rings. The van der Waals surface area contributed by atoms with E-state index in [2.05, 4.69) is 15.5 Å². The van der Waals surface area contributed by atoms with Crippen LogP contribution in [0.25, 0.3) is 5.69 Å². The SMILES string of the molecule is O=C(CCc1ccccc1)OCc1nnnn1-c1ccccc1. The molecule has 0 bridgehead atoms. The predicted molar refractivity (Wildman–Crippen MR) is 83.7 cm³/mol. The largest absolute Gasteiger partial charge is 0.457 e. The second kappa shape index (κ2) is 7.31. The van der Waals surface area contributed by atoms with Gasteiger partial charge in [-0.05, 0) is 34.5 Å². The fourth-order valence-corrected chi connectivity index (χ4v) is 2.17. The van der Waals surface area contributed by atoms with E-state index in [1.807, 2.05) is 60.7 Å². The van der Waals surface area contributed by atoms with Crippen LogP contribution in [0, 0.1) is 0 Å². The number of nitrogens with zero attached hydrogens (tertiary/aromatic N) is 4. The Hall–Kier alpha value is -3.02. The first-order valence-electron chi connectivity index (χ1n) is 7.35. The molecule has 0 aliphatic carbocycles. The summed E-state index contributed by atoms with van der Waals surface area (Å²) in [5, 5.41) is 11.5. The quantitative estimate of drug-likeness (QED) is 0.654. The molecular formula is C17H16N4O2. The van der Waals surface area contributed by atoms with Crippen molar-refractivity contribution in [1.82, 2.24) is 20.2 Å². The van der Waals surface area contributed by atoms with Crippen molar-refractivity contribution in [2.45, 2.75) is 19.4 Å². The van der Waals surface area contributed by atoms with E-state index < -0.39 is 0 Å². The zero-order valence-electron chi connectivity index (χ0n) is 12.5. The van der Waals surface area contributed by atoms with Gasteiger partial charge in [-0.2, -0.15) is 4.68 Å². The first-order chi connectivity index (χ1) is 11.3. The van der Waals surface area contributed by atoms with Crippen LogP contribution >= 0.6 is 0 Å². The van der Waals surface area contributed by atoms with Crippen molar-refractivity contribution in [3.05, 3.63) is 72.1 Å². The van der Waals surface area contributed by atoms with Gasteiger partial charge in [0.05, 0.1) is 5.69 Å². The molecule has 0 spiro atoms. The Morgan fingerprint density at radius 2 is 1.70 bits per heavy atom. The number of carbonyl (C=O) groups is 1. The van der Waals surface area contributed by atoms with Gasteiger partial charge >= 0.3 is 5.97 Å². The summed E-state index contributed by atoms with van der Waals surface area (Å²) in [4.78, 5) is 11.9. The number of rotatable bonds is 6. The first kappa shape index (κ1) is 14.9. The van der Waals surface area contributed by atoms with E-state index in [1.54, 1.807) is 4.68 Å². The van der Waals surface area contributed by atoms with Crippen molar-refractivity contribution in [3.63, 3.8) is 0 Å². The molecule has 1 heterocycles. The summed E-state index contributed by atoms with van der Waals surface area (Å²) in [5.74, 6) is 0.223. The van der Waals surface area contributed by atoms with Crippen LogP contribution in [-0.4, -0.2) is 26.2 Å². The highest BCUT2D eigenvalue weighted by molar-refractivity contribution is 5.69. The number of tetrazole rings is 1. The molecule has 116 valence electrons.